The second-order valence-corrected chi connectivity index (χ2v) is 11.8. The predicted molar refractivity (Wildman–Crippen MR) is 147 cm³/mol. The van der Waals surface area contributed by atoms with Crippen LogP contribution in [0.4, 0.5) is 15.9 Å². The van der Waals surface area contributed by atoms with E-state index in [1.165, 1.54) is 44.6 Å². The molecular formula is C31H37FN4O. The lowest BCUT2D eigenvalue weighted by molar-refractivity contribution is -0.124. The first kappa shape index (κ1) is 24.4. The molecule has 7 rings (SSSR count). The number of hydrogen-bond donors (Lipinski definition) is 3. The summed E-state index contributed by atoms with van der Waals surface area (Å²) >= 11 is 0. The molecule has 5 nitrogen and oxygen atoms in total. The number of hydrogen-bond acceptors (Lipinski definition) is 4. The molecule has 1 aromatic heterocycles. The molecule has 0 atom stereocenters. The van der Waals surface area contributed by atoms with Crippen LogP contribution in [0.2, 0.25) is 0 Å². The van der Waals surface area contributed by atoms with Crippen LogP contribution in [0.25, 0.3) is 10.9 Å². The van der Waals surface area contributed by atoms with Crippen molar-refractivity contribution in [3.63, 3.8) is 0 Å². The summed E-state index contributed by atoms with van der Waals surface area (Å²) in [7, 11) is 0. The summed E-state index contributed by atoms with van der Waals surface area (Å²) in [6.07, 6.45) is 9.49. The molecule has 6 heteroatoms. The highest BCUT2D eigenvalue weighted by Gasteiger charge is 2.51. The third-order valence-corrected chi connectivity index (χ3v) is 8.82. The zero-order chi connectivity index (χ0) is 25.2. The molecule has 0 aliphatic heterocycles. The third kappa shape index (κ3) is 5.49. The van der Waals surface area contributed by atoms with Gasteiger partial charge < -0.3 is 16.0 Å². The molecule has 4 saturated carbocycles. The molecule has 1 amide bonds. The first-order chi connectivity index (χ1) is 18.1. The minimum atomic E-state index is -0.170. The molecule has 1 heterocycles. The number of carbonyl (C=O) groups is 1. The van der Waals surface area contributed by atoms with E-state index in [9.17, 15) is 9.18 Å². The molecule has 0 saturated heterocycles. The van der Waals surface area contributed by atoms with E-state index in [1.807, 2.05) is 36.4 Å². The third-order valence-electron chi connectivity index (χ3n) is 8.82. The van der Waals surface area contributed by atoms with Crippen molar-refractivity contribution in [2.75, 3.05) is 23.7 Å². The van der Waals surface area contributed by atoms with E-state index in [0.717, 1.165) is 59.7 Å². The van der Waals surface area contributed by atoms with E-state index in [2.05, 4.69) is 16.0 Å². The molecule has 37 heavy (non-hydrogen) atoms. The van der Waals surface area contributed by atoms with Gasteiger partial charge in [-0.2, -0.15) is 0 Å². The fraction of sp³-hybridized carbons (Fsp3) is 0.484. The van der Waals surface area contributed by atoms with Gasteiger partial charge in [0.1, 0.15) is 11.6 Å². The summed E-state index contributed by atoms with van der Waals surface area (Å²) in [6.45, 7) is 2.08. The average Bonchev–Trinajstić information content (AvgIpc) is 2.86. The molecule has 4 aliphatic carbocycles. The van der Waals surface area contributed by atoms with Gasteiger partial charge in [-0.25, -0.2) is 9.37 Å². The lowest BCUT2D eigenvalue weighted by Gasteiger charge is -2.56. The topological polar surface area (TPSA) is 66.0 Å². The Morgan fingerprint density at radius 1 is 0.919 bits per heavy atom. The number of rotatable bonds is 10. The van der Waals surface area contributed by atoms with Crippen molar-refractivity contribution in [3.8, 4) is 0 Å². The standard InChI is InChI=1S/C31H37FN4O/c32-26-6-2-1-5-24(26)20-33-11-4-12-34-29-10-9-25-27(35-29)7-3-8-28(25)36-30(37)19-31-16-21-13-22(17-31)15-23(14-21)18-31/h1-3,5-10,21-23,33H,4,11-20H2,(H,34,35)(H,36,37). The average molecular weight is 501 g/mol. The maximum Gasteiger partial charge on any atom is 0.224 e. The maximum absolute atomic E-state index is 13.7. The number of amides is 1. The van der Waals surface area contributed by atoms with Crippen molar-refractivity contribution in [1.29, 1.82) is 0 Å². The Hall–Kier alpha value is -2.99. The number of fused-ring (bicyclic) bond motifs is 1. The van der Waals surface area contributed by atoms with Crippen molar-refractivity contribution >= 4 is 28.3 Å². The quantitative estimate of drug-likeness (QED) is 0.278. The largest absolute Gasteiger partial charge is 0.370 e. The molecule has 4 aliphatic rings. The lowest BCUT2D eigenvalue weighted by Crippen LogP contribution is -2.47. The van der Waals surface area contributed by atoms with Crippen LogP contribution in [0.15, 0.2) is 54.6 Å². The zero-order valence-electron chi connectivity index (χ0n) is 21.4. The molecule has 194 valence electrons. The second-order valence-electron chi connectivity index (χ2n) is 11.8. The van der Waals surface area contributed by atoms with Crippen molar-refractivity contribution in [2.24, 2.45) is 23.2 Å². The summed E-state index contributed by atoms with van der Waals surface area (Å²) in [5.41, 5.74) is 2.65. The lowest BCUT2D eigenvalue weighted by atomic mass is 9.49. The van der Waals surface area contributed by atoms with Gasteiger partial charge in [0.15, 0.2) is 0 Å². The number of carbonyl (C=O) groups excluding carboxylic acids is 1. The van der Waals surface area contributed by atoms with Crippen molar-refractivity contribution in [2.45, 2.75) is 57.9 Å². The van der Waals surface area contributed by atoms with Gasteiger partial charge in [0.05, 0.1) is 11.2 Å². The first-order valence-electron chi connectivity index (χ1n) is 13.9. The van der Waals surface area contributed by atoms with E-state index in [0.29, 0.717) is 18.5 Å². The van der Waals surface area contributed by atoms with Crippen molar-refractivity contribution < 1.29 is 9.18 Å². The number of benzene rings is 2. The molecule has 2 aromatic carbocycles. The minimum absolute atomic E-state index is 0.152. The molecule has 0 unspecified atom stereocenters. The van der Waals surface area contributed by atoms with Crippen LogP contribution in [0.5, 0.6) is 0 Å². The monoisotopic (exact) mass is 500 g/mol. The highest BCUT2D eigenvalue weighted by molar-refractivity contribution is 6.01. The Morgan fingerprint density at radius 2 is 1.68 bits per heavy atom. The fourth-order valence-electron chi connectivity index (χ4n) is 7.70. The van der Waals surface area contributed by atoms with Gasteiger partial charge in [-0.15, -0.1) is 0 Å². The van der Waals surface area contributed by atoms with Gasteiger partial charge in [0, 0.05) is 30.5 Å². The number of aromatic nitrogens is 1. The number of nitrogens with one attached hydrogen (secondary N) is 3. The number of nitrogens with zero attached hydrogens (tertiary/aromatic N) is 1. The van der Waals surface area contributed by atoms with Gasteiger partial charge in [-0.3, -0.25) is 4.79 Å². The van der Waals surface area contributed by atoms with E-state index in [-0.39, 0.29) is 17.1 Å². The number of anilines is 2. The van der Waals surface area contributed by atoms with Crippen LogP contribution in [0.1, 0.15) is 56.9 Å². The van der Waals surface area contributed by atoms with Gasteiger partial charge in [-0.05, 0) is 105 Å². The highest BCUT2D eigenvalue weighted by Crippen LogP contribution is 2.61. The number of pyridine rings is 1. The maximum atomic E-state index is 13.7. The van der Waals surface area contributed by atoms with Crippen LogP contribution >= 0.6 is 0 Å². The van der Waals surface area contributed by atoms with Crippen molar-refractivity contribution in [1.82, 2.24) is 10.3 Å². The van der Waals surface area contributed by atoms with Crippen molar-refractivity contribution in [3.05, 3.63) is 66.0 Å². The van der Waals surface area contributed by atoms with Crippen LogP contribution in [-0.4, -0.2) is 24.0 Å². The molecule has 4 bridgehead atoms. The molecule has 0 radical (unpaired) electrons. The smallest absolute Gasteiger partial charge is 0.224 e. The van der Waals surface area contributed by atoms with Gasteiger partial charge in [-0.1, -0.05) is 24.3 Å². The van der Waals surface area contributed by atoms with E-state index in [1.54, 1.807) is 12.1 Å². The SMILES string of the molecule is O=C(CC12CC3CC(CC(C3)C1)C2)Nc1cccc2nc(NCCCNCc3ccccc3F)ccc12. The first-order valence-corrected chi connectivity index (χ1v) is 13.9. The molecule has 0 spiro atoms. The summed E-state index contributed by atoms with van der Waals surface area (Å²) in [4.78, 5) is 17.9. The van der Waals surface area contributed by atoms with E-state index >= 15 is 0 Å². The molecule has 4 fully saturated rings. The van der Waals surface area contributed by atoms with Crippen LogP contribution in [0.3, 0.4) is 0 Å². The fourth-order valence-corrected chi connectivity index (χ4v) is 7.70. The summed E-state index contributed by atoms with van der Waals surface area (Å²) in [6, 6.07) is 16.8. The Balaban J connectivity index is 1.01. The van der Waals surface area contributed by atoms with Gasteiger partial charge in [0.25, 0.3) is 0 Å². The Bertz CT molecular complexity index is 1240. The highest BCUT2D eigenvalue weighted by atomic mass is 19.1. The van der Waals surface area contributed by atoms with Crippen LogP contribution in [0, 0.1) is 29.0 Å². The van der Waals surface area contributed by atoms with Crippen LogP contribution in [-0.2, 0) is 11.3 Å². The van der Waals surface area contributed by atoms with Crippen LogP contribution < -0.4 is 16.0 Å². The van der Waals surface area contributed by atoms with Gasteiger partial charge in [0.2, 0.25) is 5.91 Å². The minimum Gasteiger partial charge on any atom is -0.370 e. The second kappa shape index (κ2) is 10.4. The molecule has 3 N–H and O–H groups in total. The zero-order valence-corrected chi connectivity index (χ0v) is 21.4. The van der Waals surface area contributed by atoms with Gasteiger partial charge >= 0.3 is 0 Å². The van der Waals surface area contributed by atoms with E-state index < -0.39 is 0 Å². The Labute approximate surface area is 218 Å². The van der Waals surface area contributed by atoms with E-state index in [4.69, 9.17) is 4.98 Å². The molecule has 3 aromatic rings. The molecular weight excluding hydrogens is 463 g/mol. The summed E-state index contributed by atoms with van der Waals surface area (Å²) in [5, 5.41) is 10.9. The summed E-state index contributed by atoms with van der Waals surface area (Å²) in [5.74, 6) is 3.37. The summed E-state index contributed by atoms with van der Waals surface area (Å²) < 4.78 is 13.7. The number of halogens is 1. The Morgan fingerprint density at radius 3 is 2.43 bits per heavy atom. The normalized spacial score (nSPS) is 25.9. The Kier molecular flexibility index (Phi) is 6.85. The predicted octanol–water partition coefficient (Wildman–Crippen LogP) is 6.51.